The number of nitrogens with zero attached hydrogens (tertiary/aromatic N) is 4. The van der Waals surface area contributed by atoms with E-state index in [2.05, 4.69) is 20.3 Å². The molecule has 5 atom stereocenters. The van der Waals surface area contributed by atoms with E-state index in [9.17, 15) is 20.4 Å². The molecule has 154 valence electrons. The minimum atomic E-state index is -1.28. The monoisotopic (exact) mass is 402 g/mol. The lowest BCUT2D eigenvalue weighted by molar-refractivity contribution is -0.0511. The Hall–Kier alpha value is -2.83. The zero-order chi connectivity index (χ0) is 20.5. The highest BCUT2D eigenvalue weighted by Crippen LogP contribution is 2.32. The highest BCUT2D eigenvalue weighted by atomic mass is 16.6. The average molecular weight is 402 g/mol. The van der Waals surface area contributed by atoms with Gasteiger partial charge in [-0.25, -0.2) is 4.98 Å². The number of aromatic nitrogens is 4. The van der Waals surface area contributed by atoms with Crippen LogP contribution in [0.5, 0.6) is 0 Å². The lowest BCUT2D eigenvalue weighted by atomic mass is 10.1. The van der Waals surface area contributed by atoms with Crippen LogP contribution in [0, 0.1) is 0 Å². The van der Waals surface area contributed by atoms with Gasteiger partial charge in [-0.1, -0.05) is 30.3 Å². The second-order valence-electron chi connectivity index (χ2n) is 6.79. The predicted molar refractivity (Wildman–Crippen MR) is 103 cm³/mol. The van der Waals surface area contributed by atoms with Gasteiger partial charge in [0, 0.05) is 6.54 Å². The number of nitrogens with one attached hydrogen (secondary N) is 1. The van der Waals surface area contributed by atoms with E-state index in [-0.39, 0.29) is 24.0 Å². The number of benzene rings is 1. The molecule has 2 aromatic heterocycles. The van der Waals surface area contributed by atoms with Gasteiger partial charge in [0.2, 0.25) is 5.95 Å². The van der Waals surface area contributed by atoms with Crippen LogP contribution in [-0.2, 0) is 4.74 Å². The highest BCUT2D eigenvalue weighted by molar-refractivity contribution is 5.83. The van der Waals surface area contributed by atoms with Crippen LogP contribution in [0.2, 0.25) is 0 Å². The third kappa shape index (κ3) is 3.61. The van der Waals surface area contributed by atoms with Crippen molar-refractivity contribution in [2.45, 2.75) is 30.6 Å². The van der Waals surface area contributed by atoms with Crippen molar-refractivity contribution >= 4 is 22.9 Å². The maximum atomic E-state index is 10.3. The summed E-state index contributed by atoms with van der Waals surface area (Å²) in [6, 6.07) is 9.14. The summed E-state index contributed by atoms with van der Waals surface area (Å²) in [6.45, 7) is -0.292. The second kappa shape index (κ2) is 7.89. The predicted octanol–water partition coefficient (Wildman–Crippen LogP) is -0.835. The number of nitrogen functional groups attached to an aromatic ring is 1. The van der Waals surface area contributed by atoms with E-state index >= 15 is 0 Å². The van der Waals surface area contributed by atoms with Crippen LogP contribution >= 0.6 is 0 Å². The van der Waals surface area contributed by atoms with E-state index in [4.69, 9.17) is 10.5 Å². The molecule has 0 saturated carbocycles. The van der Waals surface area contributed by atoms with Crippen molar-refractivity contribution in [2.75, 3.05) is 24.2 Å². The van der Waals surface area contributed by atoms with Gasteiger partial charge in [0.05, 0.1) is 19.0 Å². The number of aliphatic hydroxyl groups excluding tert-OH is 4. The Kier molecular flexibility index (Phi) is 5.30. The van der Waals surface area contributed by atoms with Gasteiger partial charge in [0.1, 0.15) is 23.8 Å². The quantitative estimate of drug-likeness (QED) is 0.305. The number of imidazole rings is 1. The molecule has 1 saturated heterocycles. The molecular weight excluding hydrogens is 380 g/mol. The van der Waals surface area contributed by atoms with Crippen LogP contribution in [0.4, 0.5) is 11.8 Å². The highest BCUT2D eigenvalue weighted by Gasteiger charge is 2.44. The number of anilines is 2. The fourth-order valence-electron chi connectivity index (χ4n) is 3.29. The summed E-state index contributed by atoms with van der Waals surface area (Å²) in [5.41, 5.74) is 7.31. The lowest BCUT2D eigenvalue weighted by Gasteiger charge is -2.17. The number of nitrogens with two attached hydrogens (primary N) is 1. The molecule has 4 rings (SSSR count). The molecule has 11 heteroatoms. The van der Waals surface area contributed by atoms with E-state index in [0.29, 0.717) is 5.52 Å². The van der Waals surface area contributed by atoms with Gasteiger partial charge in [-0.05, 0) is 5.56 Å². The fraction of sp³-hybridized carbons (Fsp3) is 0.389. The van der Waals surface area contributed by atoms with Crippen LogP contribution in [0.3, 0.4) is 0 Å². The maximum Gasteiger partial charge on any atom is 0.226 e. The standard InChI is InChI=1S/C18H22N6O5/c19-15-12-16(24(8-21-12)17-14(28)13(27)11(7-25)29-17)23-18(22-15)20-6-10(26)9-4-2-1-3-5-9/h1-5,8,10-11,13-14,17,25-28H,6-7H2,(H3,19,20,22,23)/t10-,11-,13-,14-,17-/m1/s1. The zero-order valence-corrected chi connectivity index (χ0v) is 15.3. The normalized spacial score (nSPS) is 25.4. The number of ether oxygens (including phenoxy) is 1. The lowest BCUT2D eigenvalue weighted by Crippen LogP contribution is -2.33. The Morgan fingerprint density at radius 2 is 1.93 bits per heavy atom. The van der Waals surface area contributed by atoms with Crippen molar-refractivity contribution in [2.24, 2.45) is 0 Å². The van der Waals surface area contributed by atoms with Crippen molar-refractivity contribution in [3.8, 4) is 0 Å². The van der Waals surface area contributed by atoms with Crippen molar-refractivity contribution in [3.63, 3.8) is 0 Å². The van der Waals surface area contributed by atoms with Crippen molar-refractivity contribution < 1.29 is 25.2 Å². The Bertz CT molecular complexity index is 984. The molecule has 11 nitrogen and oxygen atoms in total. The maximum absolute atomic E-state index is 10.3. The van der Waals surface area contributed by atoms with E-state index < -0.39 is 37.3 Å². The molecule has 3 aromatic rings. The Morgan fingerprint density at radius 1 is 1.17 bits per heavy atom. The molecule has 1 aliphatic rings. The number of fused-ring (bicyclic) bond motifs is 1. The topological polar surface area (TPSA) is 172 Å². The van der Waals surface area contributed by atoms with Gasteiger partial charge in [-0.15, -0.1) is 0 Å². The summed E-state index contributed by atoms with van der Waals surface area (Å²) < 4.78 is 6.96. The van der Waals surface area contributed by atoms with E-state index in [0.717, 1.165) is 5.56 Å². The first-order chi connectivity index (χ1) is 14.0. The number of rotatable bonds is 6. The molecule has 29 heavy (non-hydrogen) atoms. The summed E-state index contributed by atoms with van der Waals surface area (Å²) in [5, 5.41) is 42.8. The number of hydrogen-bond donors (Lipinski definition) is 6. The molecule has 1 fully saturated rings. The van der Waals surface area contributed by atoms with Crippen LogP contribution in [0.15, 0.2) is 36.7 Å². The SMILES string of the molecule is Nc1nc(NC[C@@H](O)c2ccccc2)nc2c1ncn2[C@@H]1O[C@H](CO)[C@@H](O)[C@H]1O. The summed E-state index contributed by atoms with van der Waals surface area (Å²) >= 11 is 0. The number of hydrogen-bond acceptors (Lipinski definition) is 10. The largest absolute Gasteiger partial charge is 0.394 e. The Labute approximate surface area is 165 Å². The van der Waals surface area contributed by atoms with Crippen LogP contribution in [0.1, 0.15) is 17.9 Å². The molecule has 7 N–H and O–H groups in total. The van der Waals surface area contributed by atoms with E-state index in [1.165, 1.54) is 10.9 Å². The first-order valence-corrected chi connectivity index (χ1v) is 9.09. The molecule has 0 radical (unpaired) electrons. The van der Waals surface area contributed by atoms with Crippen LogP contribution in [-0.4, -0.2) is 71.4 Å². The molecule has 0 aliphatic carbocycles. The molecule has 1 aliphatic heterocycles. The molecular formula is C18H22N6O5. The first kappa shape index (κ1) is 19.5. The van der Waals surface area contributed by atoms with Crippen molar-refractivity contribution in [1.29, 1.82) is 0 Å². The van der Waals surface area contributed by atoms with Gasteiger partial charge in [-0.2, -0.15) is 9.97 Å². The fourth-order valence-corrected chi connectivity index (χ4v) is 3.29. The van der Waals surface area contributed by atoms with Crippen LogP contribution in [0.25, 0.3) is 11.2 Å². The second-order valence-corrected chi connectivity index (χ2v) is 6.79. The third-order valence-corrected chi connectivity index (χ3v) is 4.88. The van der Waals surface area contributed by atoms with E-state index in [1.807, 2.05) is 30.3 Å². The van der Waals surface area contributed by atoms with Crippen molar-refractivity contribution in [1.82, 2.24) is 19.5 Å². The van der Waals surface area contributed by atoms with Gasteiger partial charge in [-0.3, -0.25) is 4.57 Å². The average Bonchev–Trinajstić information content (AvgIpc) is 3.28. The molecule has 0 amide bonds. The minimum absolute atomic E-state index is 0.109. The summed E-state index contributed by atoms with van der Waals surface area (Å²) in [6.07, 6.45) is -3.85. The van der Waals surface area contributed by atoms with Gasteiger partial charge in [0.25, 0.3) is 0 Å². The van der Waals surface area contributed by atoms with Gasteiger partial charge in [0.15, 0.2) is 17.7 Å². The first-order valence-electron chi connectivity index (χ1n) is 9.09. The molecule has 0 bridgehead atoms. The third-order valence-electron chi connectivity index (χ3n) is 4.88. The molecule has 0 spiro atoms. The Morgan fingerprint density at radius 3 is 2.62 bits per heavy atom. The summed E-state index contributed by atoms with van der Waals surface area (Å²) in [5.74, 6) is 0.274. The summed E-state index contributed by atoms with van der Waals surface area (Å²) in [7, 11) is 0. The van der Waals surface area contributed by atoms with Gasteiger partial charge >= 0.3 is 0 Å². The summed E-state index contributed by atoms with van der Waals surface area (Å²) in [4.78, 5) is 12.7. The molecule has 3 heterocycles. The van der Waals surface area contributed by atoms with E-state index in [1.54, 1.807) is 0 Å². The zero-order valence-electron chi connectivity index (χ0n) is 15.3. The van der Waals surface area contributed by atoms with Crippen LogP contribution < -0.4 is 11.1 Å². The molecule has 1 aromatic carbocycles. The molecule has 0 unspecified atom stereocenters. The van der Waals surface area contributed by atoms with Crippen molar-refractivity contribution in [3.05, 3.63) is 42.2 Å². The smallest absolute Gasteiger partial charge is 0.226 e. The van der Waals surface area contributed by atoms with Gasteiger partial charge < -0.3 is 36.2 Å². The Balaban J connectivity index is 1.59. The number of aliphatic hydroxyl groups is 4. The minimum Gasteiger partial charge on any atom is -0.394 e.